The smallest absolute Gasteiger partial charge is 0.101 e. The molecule has 0 bridgehead atoms. The Morgan fingerprint density at radius 3 is 1.92 bits per heavy atom. The quantitative estimate of drug-likeness (QED) is 0.180. The Kier molecular flexibility index (Phi) is 9.53. The number of para-hydroxylation sites is 4. The van der Waals surface area contributed by atoms with Gasteiger partial charge in [0.15, 0.2) is 0 Å². The number of hydrogen-bond donors (Lipinski definition) is 1. The summed E-state index contributed by atoms with van der Waals surface area (Å²) >= 11 is 0. The second-order valence-corrected chi connectivity index (χ2v) is 21.9. The first kappa shape index (κ1) is 43.7. The van der Waals surface area contributed by atoms with Crippen molar-refractivity contribution in [1.29, 1.82) is 0 Å². The maximum absolute atomic E-state index is 4.47. The van der Waals surface area contributed by atoms with Gasteiger partial charge in [0.2, 0.25) is 0 Å². The summed E-state index contributed by atoms with van der Waals surface area (Å²) in [6.07, 6.45) is 22.2. The lowest BCUT2D eigenvalue weighted by Crippen LogP contribution is -2.78. The molecule has 5 aliphatic rings. The normalized spacial score (nSPS) is 17.4. The zero-order valence-corrected chi connectivity index (χ0v) is 43.0. The fourth-order valence-corrected chi connectivity index (χ4v) is 14.4. The fraction of sp³-hybridized carbons (Fsp3) is 0.0972. The molecule has 6 heterocycles. The number of aryl methyl sites for hydroxylation is 1. The van der Waals surface area contributed by atoms with Gasteiger partial charge in [-0.2, -0.15) is 0 Å². The van der Waals surface area contributed by atoms with Gasteiger partial charge in [0.25, 0.3) is 0 Å². The van der Waals surface area contributed by atoms with Crippen LogP contribution in [0.15, 0.2) is 242 Å². The third-order valence-electron chi connectivity index (χ3n) is 17.9. The Labute approximate surface area is 452 Å². The third kappa shape index (κ3) is 6.50. The molecule has 0 spiro atoms. The summed E-state index contributed by atoms with van der Waals surface area (Å²) < 4.78 is 7.47. The molecule has 0 fully saturated rings. The Hall–Kier alpha value is -9.49. The Morgan fingerprint density at radius 2 is 1.13 bits per heavy atom. The van der Waals surface area contributed by atoms with Gasteiger partial charge in [0.1, 0.15) is 6.54 Å². The number of aromatic nitrogens is 4. The van der Waals surface area contributed by atoms with Crippen LogP contribution in [0.3, 0.4) is 0 Å². The van der Waals surface area contributed by atoms with Gasteiger partial charge in [-0.1, -0.05) is 109 Å². The average molecular weight is 1000 g/mol. The van der Waals surface area contributed by atoms with Crippen molar-refractivity contribution in [3.63, 3.8) is 0 Å². The van der Waals surface area contributed by atoms with Gasteiger partial charge in [-0.3, -0.25) is 4.98 Å². The number of anilines is 2. The van der Waals surface area contributed by atoms with E-state index < -0.39 is 0 Å². The van der Waals surface area contributed by atoms with Crippen molar-refractivity contribution in [3.05, 3.63) is 276 Å². The summed E-state index contributed by atoms with van der Waals surface area (Å²) in [7, 11) is 0. The summed E-state index contributed by atoms with van der Waals surface area (Å²) in [5, 5.41) is 8.71. The van der Waals surface area contributed by atoms with Crippen LogP contribution in [-0.4, -0.2) is 25.2 Å². The monoisotopic (exact) mass is 1000 g/mol. The van der Waals surface area contributed by atoms with Crippen molar-refractivity contribution >= 4 is 83.2 Å². The van der Waals surface area contributed by atoms with E-state index in [-0.39, 0.29) is 5.92 Å². The van der Waals surface area contributed by atoms with Gasteiger partial charge in [-0.05, 0) is 174 Å². The van der Waals surface area contributed by atoms with Crippen molar-refractivity contribution in [2.45, 2.75) is 37.5 Å². The number of nitrogens with zero attached hydrogens (tertiary/aromatic N) is 5. The molecule has 0 amide bonds. The van der Waals surface area contributed by atoms with Crippen LogP contribution in [-0.2, 0) is 12.8 Å². The van der Waals surface area contributed by atoms with Crippen molar-refractivity contribution in [1.82, 2.24) is 18.7 Å². The van der Waals surface area contributed by atoms with E-state index in [2.05, 4.69) is 254 Å². The van der Waals surface area contributed by atoms with Crippen LogP contribution in [0, 0.1) is 0 Å². The molecule has 4 aromatic heterocycles. The van der Waals surface area contributed by atoms with E-state index in [0.29, 0.717) is 5.92 Å². The standard InChI is InChI=1S/C72H52N6/c1-3-11-51(12-4-1)75-65-17-9-7-15-55(65)59-37-45(21-25-67(59)75)47-23-27-69-61(39-47)63-41-49-19-20-50-42-64-62-40-48(46-22-26-68-60(38-46)56-16-8-10-18-66(56)76(68)52-13-5-2-6-14-52)24-28-70(62)78(54-31-35-74-36-32-54)72(64)44-58(50)57(49)43-71(63)77(69)53-29-33-73-34-30-53/h1-18,21-35,37,39-43,58,60,74H,19-20,36,38,44H2/p+1. The van der Waals surface area contributed by atoms with E-state index in [1.165, 1.54) is 133 Å². The van der Waals surface area contributed by atoms with Crippen molar-refractivity contribution in [3.8, 4) is 22.5 Å². The highest BCUT2D eigenvalue weighted by atomic mass is 15.2. The first-order valence-electron chi connectivity index (χ1n) is 27.7. The lowest BCUT2D eigenvalue weighted by molar-refractivity contribution is -0.578. The Balaban J connectivity index is 0.783. The SMILES string of the molecule is C1=CC(n2c3c(c4cc(C5=CC=C6C(C5)c5ccccc5N6c5ccccc5)ccc42)C=C2CCc4cc5c6cc(-c7ccc8c(c7)c7ccccc7n8-c7ccccc7)ccc6n(-c6ccncc6)c5cc4C2C3)=CC[NH2+]1. The highest BCUT2D eigenvalue weighted by molar-refractivity contribution is 6.13. The number of pyridine rings is 1. The summed E-state index contributed by atoms with van der Waals surface area (Å²) in [6, 6.07) is 70.3. The number of quaternary nitrogens is 1. The molecule has 17 rings (SSSR count). The number of fused-ring (bicyclic) bond motifs is 15. The van der Waals surface area contributed by atoms with Crippen molar-refractivity contribution < 1.29 is 5.32 Å². The van der Waals surface area contributed by atoms with Crippen LogP contribution in [0.4, 0.5) is 11.4 Å². The van der Waals surface area contributed by atoms with Crippen LogP contribution in [0.5, 0.6) is 0 Å². The van der Waals surface area contributed by atoms with Gasteiger partial charge in [0, 0.05) is 96.9 Å². The molecule has 8 aromatic carbocycles. The molecule has 0 saturated heterocycles. The fourth-order valence-electron chi connectivity index (χ4n) is 14.4. The summed E-state index contributed by atoms with van der Waals surface area (Å²) in [4.78, 5) is 6.94. The minimum absolute atomic E-state index is 0.275. The van der Waals surface area contributed by atoms with Crippen LogP contribution < -0.4 is 10.2 Å². The van der Waals surface area contributed by atoms with Crippen LogP contribution in [0.1, 0.15) is 58.2 Å². The third-order valence-corrected chi connectivity index (χ3v) is 17.9. The van der Waals surface area contributed by atoms with Gasteiger partial charge in [-0.25, -0.2) is 0 Å². The molecule has 3 aliphatic carbocycles. The summed E-state index contributed by atoms with van der Waals surface area (Å²) in [6.45, 7) is 0.933. The number of benzene rings is 8. The molecule has 2 N–H and O–H groups in total. The van der Waals surface area contributed by atoms with E-state index in [1.54, 1.807) is 5.57 Å². The summed E-state index contributed by atoms with van der Waals surface area (Å²) in [5.74, 6) is 0.576. The van der Waals surface area contributed by atoms with Gasteiger partial charge < -0.3 is 23.9 Å². The van der Waals surface area contributed by atoms with Gasteiger partial charge in [0.05, 0.1) is 39.5 Å². The van der Waals surface area contributed by atoms with Crippen molar-refractivity contribution in [2.75, 3.05) is 11.4 Å². The van der Waals surface area contributed by atoms with E-state index in [0.717, 1.165) is 37.9 Å². The lowest BCUT2D eigenvalue weighted by Gasteiger charge is -2.32. The second-order valence-electron chi connectivity index (χ2n) is 21.9. The molecule has 2 unspecified atom stereocenters. The molecule has 78 heavy (non-hydrogen) atoms. The Bertz CT molecular complexity index is 4670. The minimum atomic E-state index is 0.275. The predicted octanol–water partition coefficient (Wildman–Crippen LogP) is 16.1. The number of rotatable bonds is 6. The molecular weight excluding hydrogens is 949 g/mol. The number of nitrogens with two attached hydrogens (primary N) is 1. The maximum atomic E-state index is 4.47. The predicted molar refractivity (Wildman–Crippen MR) is 322 cm³/mol. The highest BCUT2D eigenvalue weighted by Crippen LogP contribution is 2.54. The maximum Gasteiger partial charge on any atom is 0.101 e. The van der Waals surface area contributed by atoms with E-state index in [1.807, 2.05) is 12.4 Å². The molecule has 370 valence electrons. The van der Waals surface area contributed by atoms with E-state index >= 15 is 0 Å². The first-order chi connectivity index (χ1) is 38.7. The van der Waals surface area contributed by atoms with Crippen LogP contribution in [0.2, 0.25) is 0 Å². The van der Waals surface area contributed by atoms with Crippen LogP contribution in [0.25, 0.3) is 94.4 Å². The zero-order chi connectivity index (χ0) is 51.0. The number of allylic oxidation sites excluding steroid dienone is 7. The molecule has 0 radical (unpaired) electrons. The molecule has 0 saturated carbocycles. The Morgan fingerprint density at radius 1 is 0.474 bits per heavy atom. The van der Waals surface area contributed by atoms with Crippen LogP contribution >= 0.6 is 0 Å². The minimum Gasteiger partial charge on any atom is -0.317 e. The van der Waals surface area contributed by atoms with Gasteiger partial charge in [-0.15, -0.1) is 0 Å². The zero-order valence-electron chi connectivity index (χ0n) is 43.0. The lowest BCUT2D eigenvalue weighted by atomic mass is 9.73. The van der Waals surface area contributed by atoms with E-state index in [9.17, 15) is 0 Å². The van der Waals surface area contributed by atoms with Gasteiger partial charge >= 0.3 is 0 Å². The summed E-state index contributed by atoms with van der Waals surface area (Å²) in [5.41, 5.74) is 27.4. The molecular formula is C72H53N6+. The average Bonchev–Trinajstić information content (AvgIpc) is 4.40. The molecule has 2 atom stereocenters. The topological polar surface area (TPSA) is 47.5 Å². The molecule has 6 heteroatoms. The number of hydrogen-bond acceptors (Lipinski definition) is 2. The first-order valence-corrected chi connectivity index (χ1v) is 27.7. The molecule has 2 aliphatic heterocycles. The molecule has 6 nitrogen and oxygen atoms in total. The van der Waals surface area contributed by atoms with Crippen molar-refractivity contribution in [2.24, 2.45) is 0 Å². The molecule has 12 aromatic rings. The highest BCUT2D eigenvalue weighted by Gasteiger charge is 2.37. The largest absolute Gasteiger partial charge is 0.317 e. The van der Waals surface area contributed by atoms with E-state index in [4.69, 9.17) is 0 Å². The second kappa shape index (κ2) is 17.0.